The molecule has 1 heterocycles. The average molecular weight is 283 g/mol. The summed E-state index contributed by atoms with van der Waals surface area (Å²) in [5, 5.41) is 0. The van der Waals surface area contributed by atoms with E-state index in [1.54, 1.807) is 7.11 Å². The first kappa shape index (κ1) is 14.3. The molecule has 106 valence electrons. The molecule has 1 aromatic carbocycles. The van der Waals surface area contributed by atoms with E-state index in [1.807, 2.05) is 24.3 Å². The molecule has 1 aliphatic heterocycles. The Bertz CT molecular complexity index is 513. The number of rotatable bonds is 4. The molecule has 0 aromatic heterocycles. The standard InChI is InChI=1S/C14H21NO3S/c1-18-14-5-3-2-4-12(14)13(10-15)11-6-8-19(16,17)9-7-11/h2-5,11,13H,6-10,15H2,1H3. The molecule has 1 atom stereocenters. The van der Waals surface area contributed by atoms with Crippen molar-refractivity contribution in [2.75, 3.05) is 25.2 Å². The monoisotopic (exact) mass is 283 g/mol. The van der Waals surface area contributed by atoms with Crippen LogP contribution in [0, 0.1) is 5.92 Å². The van der Waals surface area contributed by atoms with Crippen LogP contribution >= 0.6 is 0 Å². The zero-order chi connectivity index (χ0) is 13.9. The van der Waals surface area contributed by atoms with Gasteiger partial charge in [-0.3, -0.25) is 0 Å². The van der Waals surface area contributed by atoms with Crippen LogP contribution in [-0.4, -0.2) is 33.6 Å². The Morgan fingerprint density at radius 3 is 2.53 bits per heavy atom. The van der Waals surface area contributed by atoms with Crippen molar-refractivity contribution < 1.29 is 13.2 Å². The molecular formula is C14H21NO3S. The highest BCUT2D eigenvalue weighted by Gasteiger charge is 2.30. The Morgan fingerprint density at radius 1 is 1.32 bits per heavy atom. The first-order chi connectivity index (χ1) is 9.07. The van der Waals surface area contributed by atoms with Gasteiger partial charge in [0.05, 0.1) is 18.6 Å². The van der Waals surface area contributed by atoms with Crippen LogP contribution in [0.15, 0.2) is 24.3 Å². The predicted molar refractivity (Wildman–Crippen MR) is 76.2 cm³/mol. The first-order valence-electron chi connectivity index (χ1n) is 6.61. The van der Waals surface area contributed by atoms with Crippen LogP contribution in [0.3, 0.4) is 0 Å². The summed E-state index contributed by atoms with van der Waals surface area (Å²) in [7, 11) is -1.18. The molecule has 4 nitrogen and oxygen atoms in total. The van der Waals surface area contributed by atoms with E-state index in [2.05, 4.69) is 0 Å². The Labute approximate surface area is 114 Å². The van der Waals surface area contributed by atoms with Crippen LogP contribution in [0.25, 0.3) is 0 Å². The van der Waals surface area contributed by atoms with Crippen molar-refractivity contribution in [1.82, 2.24) is 0 Å². The van der Waals surface area contributed by atoms with E-state index in [0.29, 0.717) is 25.3 Å². The first-order valence-corrected chi connectivity index (χ1v) is 8.43. The van der Waals surface area contributed by atoms with E-state index in [-0.39, 0.29) is 17.4 Å². The molecule has 0 spiro atoms. The molecule has 0 amide bonds. The molecule has 19 heavy (non-hydrogen) atoms. The number of benzene rings is 1. The lowest BCUT2D eigenvalue weighted by Crippen LogP contribution is -2.30. The number of hydrogen-bond acceptors (Lipinski definition) is 4. The minimum Gasteiger partial charge on any atom is -0.496 e. The molecule has 0 radical (unpaired) electrons. The maximum atomic E-state index is 11.5. The molecule has 5 heteroatoms. The van der Waals surface area contributed by atoms with Crippen molar-refractivity contribution in [3.05, 3.63) is 29.8 Å². The summed E-state index contributed by atoms with van der Waals surface area (Å²) in [5.74, 6) is 1.90. The van der Waals surface area contributed by atoms with Crippen molar-refractivity contribution in [2.24, 2.45) is 11.7 Å². The number of hydrogen-bond donors (Lipinski definition) is 1. The van der Waals surface area contributed by atoms with E-state index in [9.17, 15) is 8.42 Å². The van der Waals surface area contributed by atoms with Gasteiger partial charge in [0.1, 0.15) is 15.6 Å². The summed E-state index contributed by atoms with van der Waals surface area (Å²) >= 11 is 0. The smallest absolute Gasteiger partial charge is 0.150 e. The second-order valence-electron chi connectivity index (χ2n) is 5.07. The zero-order valence-corrected chi connectivity index (χ0v) is 12.0. The van der Waals surface area contributed by atoms with Gasteiger partial charge in [-0.1, -0.05) is 18.2 Å². The van der Waals surface area contributed by atoms with Gasteiger partial charge >= 0.3 is 0 Å². The van der Waals surface area contributed by atoms with Gasteiger partial charge in [0, 0.05) is 5.92 Å². The van der Waals surface area contributed by atoms with Crippen LogP contribution in [-0.2, 0) is 9.84 Å². The topological polar surface area (TPSA) is 69.4 Å². The summed E-state index contributed by atoms with van der Waals surface area (Å²) in [6.45, 7) is 0.519. The molecule has 1 unspecified atom stereocenters. The minimum atomic E-state index is -2.83. The van der Waals surface area contributed by atoms with Crippen LogP contribution in [0.4, 0.5) is 0 Å². The van der Waals surface area contributed by atoms with E-state index < -0.39 is 9.84 Å². The Balaban J connectivity index is 2.21. The third-order valence-corrected chi connectivity index (χ3v) is 5.68. The van der Waals surface area contributed by atoms with Gasteiger partial charge in [-0.2, -0.15) is 0 Å². The molecule has 1 fully saturated rings. The van der Waals surface area contributed by atoms with Gasteiger partial charge in [-0.25, -0.2) is 8.42 Å². The van der Waals surface area contributed by atoms with Crippen LogP contribution < -0.4 is 10.5 Å². The van der Waals surface area contributed by atoms with Gasteiger partial charge in [-0.05, 0) is 36.9 Å². The van der Waals surface area contributed by atoms with Gasteiger partial charge in [0.15, 0.2) is 0 Å². The molecule has 1 saturated heterocycles. The van der Waals surface area contributed by atoms with Gasteiger partial charge < -0.3 is 10.5 Å². The summed E-state index contributed by atoms with van der Waals surface area (Å²) in [6, 6.07) is 7.86. The number of nitrogens with two attached hydrogens (primary N) is 1. The number of methoxy groups -OCH3 is 1. The van der Waals surface area contributed by atoms with Crippen LogP contribution in [0.1, 0.15) is 24.3 Å². The van der Waals surface area contributed by atoms with Crippen LogP contribution in [0.2, 0.25) is 0 Å². The summed E-state index contributed by atoms with van der Waals surface area (Å²) in [6.07, 6.45) is 1.39. The SMILES string of the molecule is COc1ccccc1C(CN)C1CCS(=O)(=O)CC1. The van der Waals surface area contributed by atoms with Gasteiger partial charge in [0.25, 0.3) is 0 Å². The predicted octanol–water partition coefficient (Wildman–Crippen LogP) is 1.56. The largest absolute Gasteiger partial charge is 0.496 e. The van der Waals surface area contributed by atoms with Crippen molar-refractivity contribution in [1.29, 1.82) is 0 Å². The van der Waals surface area contributed by atoms with Crippen molar-refractivity contribution in [3.63, 3.8) is 0 Å². The highest BCUT2D eigenvalue weighted by Crippen LogP contribution is 2.36. The normalized spacial score (nSPS) is 20.9. The molecule has 2 rings (SSSR count). The Kier molecular flexibility index (Phi) is 4.47. The quantitative estimate of drug-likeness (QED) is 0.910. The van der Waals surface area contributed by atoms with E-state index in [0.717, 1.165) is 11.3 Å². The van der Waals surface area contributed by atoms with E-state index in [4.69, 9.17) is 10.5 Å². The minimum absolute atomic E-state index is 0.173. The number of ether oxygens (including phenoxy) is 1. The van der Waals surface area contributed by atoms with E-state index >= 15 is 0 Å². The molecule has 0 bridgehead atoms. The molecular weight excluding hydrogens is 262 g/mol. The average Bonchev–Trinajstić information content (AvgIpc) is 2.42. The fraction of sp³-hybridized carbons (Fsp3) is 0.571. The van der Waals surface area contributed by atoms with Gasteiger partial charge in [-0.15, -0.1) is 0 Å². The molecule has 1 aromatic rings. The lowest BCUT2D eigenvalue weighted by Gasteiger charge is -2.30. The second kappa shape index (κ2) is 5.92. The highest BCUT2D eigenvalue weighted by atomic mass is 32.2. The van der Waals surface area contributed by atoms with Crippen molar-refractivity contribution in [2.45, 2.75) is 18.8 Å². The van der Waals surface area contributed by atoms with Crippen LogP contribution in [0.5, 0.6) is 5.75 Å². The lowest BCUT2D eigenvalue weighted by atomic mass is 9.82. The highest BCUT2D eigenvalue weighted by molar-refractivity contribution is 7.91. The Hall–Kier alpha value is -1.07. The molecule has 0 aliphatic carbocycles. The van der Waals surface area contributed by atoms with Gasteiger partial charge in [0.2, 0.25) is 0 Å². The summed E-state index contributed by atoms with van der Waals surface area (Å²) in [4.78, 5) is 0. The second-order valence-corrected chi connectivity index (χ2v) is 7.38. The maximum absolute atomic E-state index is 11.5. The Morgan fingerprint density at radius 2 is 1.95 bits per heavy atom. The number of para-hydroxylation sites is 1. The fourth-order valence-corrected chi connectivity index (χ4v) is 4.38. The van der Waals surface area contributed by atoms with Crippen molar-refractivity contribution >= 4 is 9.84 Å². The molecule has 2 N–H and O–H groups in total. The third kappa shape index (κ3) is 3.28. The van der Waals surface area contributed by atoms with Crippen molar-refractivity contribution in [3.8, 4) is 5.75 Å². The number of sulfone groups is 1. The maximum Gasteiger partial charge on any atom is 0.150 e. The molecule has 0 saturated carbocycles. The summed E-state index contributed by atoms with van der Waals surface area (Å²) < 4.78 is 28.4. The zero-order valence-electron chi connectivity index (χ0n) is 11.2. The summed E-state index contributed by atoms with van der Waals surface area (Å²) in [5.41, 5.74) is 7.02. The molecule has 1 aliphatic rings. The fourth-order valence-electron chi connectivity index (χ4n) is 2.86. The van der Waals surface area contributed by atoms with E-state index in [1.165, 1.54) is 0 Å². The lowest BCUT2D eigenvalue weighted by molar-refractivity contribution is 0.363. The third-order valence-electron chi connectivity index (χ3n) is 3.96.